The van der Waals surface area contributed by atoms with Crippen LogP contribution in [0.25, 0.3) is 11.0 Å². The average Bonchev–Trinajstić information content (AvgIpc) is 3.02. The summed E-state index contributed by atoms with van der Waals surface area (Å²) < 4.78 is 7.50. The van der Waals surface area contributed by atoms with Crippen LogP contribution in [0, 0.1) is 6.92 Å². The van der Waals surface area contributed by atoms with E-state index in [2.05, 4.69) is 20.7 Å². The Bertz CT molecular complexity index is 1240. The van der Waals surface area contributed by atoms with Crippen molar-refractivity contribution in [2.45, 2.75) is 6.92 Å². The molecule has 0 spiro atoms. The van der Waals surface area contributed by atoms with E-state index in [1.165, 1.54) is 6.20 Å². The van der Waals surface area contributed by atoms with E-state index in [-0.39, 0.29) is 11.0 Å². The van der Waals surface area contributed by atoms with Crippen molar-refractivity contribution < 1.29 is 9.53 Å². The minimum atomic E-state index is -0.346. The number of thiocarbonyl (C=S) groups is 1. The number of rotatable bonds is 4. The standard InChI is InChI=1S/C22H19N5O2S/c1-14-19-11-15(13-23-20(19)27(2)26-14)21(28)25-22(30)24-16-7-6-10-18(12-16)29-17-8-4-3-5-9-17/h3-13H,1-2H3,(H2,24,25,28,30). The number of aromatic nitrogens is 3. The first-order chi connectivity index (χ1) is 14.5. The first-order valence-corrected chi connectivity index (χ1v) is 9.65. The Labute approximate surface area is 178 Å². The quantitative estimate of drug-likeness (QED) is 0.485. The molecule has 2 N–H and O–H groups in total. The maximum atomic E-state index is 12.6. The number of para-hydroxylation sites is 1. The molecule has 0 unspecified atom stereocenters. The highest BCUT2D eigenvalue weighted by Gasteiger charge is 2.13. The van der Waals surface area contributed by atoms with Crippen molar-refractivity contribution in [2.24, 2.45) is 7.05 Å². The molecule has 0 saturated carbocycles. The Morgan fingerprint density at radius 1 is 1.07 bits per heavy atom. The zero-order valence-electron chi connectivity index (χ0n) is 16.4. The molecule has 2 heterocycles. The third kappa shape index (κ3) is 4.28. The molecule has 150 valence electrons. The predicted octanol–water partition coefficient (Wildman–Crippen LogP) is 4.20. The van der Waals surface area contributed by atoms with Gasteiger partial charge in [0.25, 0.3) is 5.91 Å². The molecule has 0 atom stereocenters. The Morgan fingerprint density at radius 3 is 2.63 bits per heavy atom. The van der Waals surface area contributed by atoms with Gasteiger partial charge in [0, 0.05) is 30.4 Å². The number of anilines is 1. The van der Waals surface area contributed by atoms with Crippen LogP contribution in [-0.4, -0.2) is 25.8 Å². The van der Waals surface area contributed by atoms with Crippen molar-refractivity contribution in [1.82, 2.24) is 20.1 Å². The molecule has 4 aromatic rings. The minimum absolute atomic E-state index is 0.180. The van der Waals surface area contributed by atoms with Crippen LogP contribution in [0.4, 0.5) is 5.69 Å². The molecular weight excluding hydrogens is 398 g/mol. The lowest BCUT2D eigenvalue weighted by molar-refractivity contribution is 0.0977. The molecule has 0 aliphatic rings. The fourth-order valence-corrected chi connectivity index (χ4v) is 3.24. The van der Waals surface area contributed by atoms with Gasteiger partial charge in [-0.1, -0.05) is 24.3 Å². The van der Waals surface area contributed by atoms with Crippen LogP contribution in [0.15, 0.2) is 66.9 Å². The fourth-order valence-electron chi connectivity index (χ4n) is 3.03. The van der Waals surface area contributed by atoms with Gasteiger partial charge in [0.05, 0.1) is 11.3 Å². The second-order valence-corrected chi connectivity index (χ2v) is 7.06. The summed E-state index contributed by atoms with van der Waals surface area (Å²) in [7, 11) is 1.82. The molecule has 4 rings (SSSR count). The highest BCUT2D eigenvalue weighted by molar-refractivity contribution is 7.80. The molecule has 2 aromatic carbocycles. The zero-order valence-corrected chi connectivity index (χ0v) is 17.2. The Morgan fingerprint density at radius 2 is 1.83 bits per heavy atom. The zero-order chi connectivity index (χ0) is 21.1. The third-order valence-electron chi connectivity index (χ3n) is 4.42. The van der Waals surface area contributed by atoms with Crippen molar-refractivity contribution in [3.05, 3.63) is 78.1 Å². The molecule has 0 saturated heterocycles. The molecule has 0 fully saturated rings. The second kappa shape index (κ2) is 8.30. The summed E-state index contributed by atoms with van der Waals surface area (Å²) in [4.78, 5) is 16.9. The van der Waals surface area contributed by atoms with E-state index in [0.29, 0.717) is 17.0 Å². The van der Waals surface area contributed by atoms with Crippen LogP contribution in [-0.2, 0) is 7.05 Å². The SMILES string of the molecule is Cc1nn(C)c2ncc(C(=O)NC(=S)Nc3cccc(Oc4ccccc4)c3)cc12. The molecular formula is C22H19N5O2S. The number of amides is 1. The number of carbonyl (C=O) groups excluding carboxylic acids is 1. The highest BCUT2D eigenvalue weighted by Crippen LogP contribution is 2.24. The maximum Gasteiger partial charge on any atom is 0.259 e. The summed E-state index contributed by atoms with van der Waals surface area (Å²) >= 11 is 5.29. The summed E-state index contributed by atoms with van der Waals surface area (Å²) in [5.74, 6) is 1.04. The largest absolute Gasteiger partial charge is 0.457 e. The molecule has 0 bridgehead atoms. The number of nitrogens with one attached hydrogen (secondary N) is 2. The lowest BCUT2D eigenvalue weighted by Gasteiger charge is -2.11. The van der Waals surface area contributed by atoms with Gasteiger partial charge in [0.2, 0.25) is 0 Å². The van der Waals surface area contributed by atoms with Crippen molar-refractivity contribution in [2.75, 3.05) is 5.32 Å². The maximum absolute atomic E-state index is 12.6. The van der Waals surface area contributed by atoms with Gasteiger partial charge in [-0.3, -0.25) is 14.8 Å². The van der Waals surface area contributed by atoms with E-state index in [1.807, 2.05) is 62.5 Å². The summed E-state index contributed by atoms with van der Waals surface area (Å²) in [6.45, 7) is 1.88. The van der Waals surface area contributed by atoms with Crippen molar-refractivity contribution in [3.63, 3.8) is 0 Å². The molecule has 2 aromatic heterocycles. The summed E-state index contributed by atoms with van der Waals surface area (Å²) in [6.07, 6.45) is 1.51. The fraction of sp³-hybridized carbons (Fsp3) is 0.0909. The number of pyridine rings is 1. The monoisotopic (exact) mass is 417 g/mol. The molecule has 0 aliphatic heterocycles. The molecule has 0 aliphatic carbocycles. The van der Waals surface area contributed by atoms with Crippen LogP contribution in [0.2, 0.25) is 0 Å². The topological polar surface area (TPSA) is 81.1 Å². The van der Waals surface area contributed by atoms with Crippen LogP contribution >= 0.6 is 12.2 Å². The summed E-state index contributed by atoms with van der Waals surface area (Å²) in [5, 5.41) is 11.0. The number of ether oxygens (including phenoxy) is 1. The predicted molar refractivity (Wildman–Crippen MR) is 120 cm³/mol. The lowest BCUT2D eigenvalue weighted by Crippen LogP contribution is -2.34. The van der Waals surface area contributed by atoms with Gasteiger partial charge in [0.1, 0.15) is 11.5 Å². The first-order valence-electron chi connectivity index (χ1n) is 9.24. The average molecular weight is 417 g/mol. The molecule has 30 heavy (non-hydrogen) atoms. The van der Waals surface area contributed by atoms with Crippen LogP contribution in [0.3, 0.4) is 0 Å². The Balaban J connectivity index is 1.42. The molecule has 0 radical (unpaired) electrons. The smallest absolute Gasteiger partial charge is 0.259 e. The van der Waals surface area contributed by atoms with Gasteiger partial charge in [-0.2, -0.15) is 5.10 Å². The molecule has 1 amide bonds. The van der Waals surface area contributed by atoms with Crippen molar-refractivity contribution in [1.29, 1.82) is 0 Å². The number of benzene rings is 2. The number of nitrogens with zero attached hydrogens (tertiary/aromatic N) is 3. The minimum Gasteiger partial charge on any atom is -0.457 e. The highest BCUT2D eigenvalue weighted by atomic mass is 32.1. The third-order valence-corrected chi connectivity index (χ3v) is 4.63. The van der Waals surface area contributed by atoms with E-state index in [9.17, 15) is 4.79 Å². The molecule has 7 nitrogen and oxygen atoms in total. The van der Waals surface area contributed by atoms with E-state index >= 15 is 0 Å². The van der Waals surface area contributed by atoms with Crippen LogP contribution in [0.5, 0.6) is 11.5 Å². The molecule has 8 heteroatoms. The number of hydrogen-bond acceptors (Lipinski definition) is 5. The van der Waals surface area contributed by atoms with Crippen molar-refractivity contribution >= 4 is 40.0 Å². The van der Waals surface area contributed by atoms with Gasteiger partial charge >= 0.3 is 0 Å². The normalized spacial score (nSPS) is 10.6. The van der Waals surface area contributed by atoms with E-state index < -0.39 is 0 Å². The van der Waals surface area contributed by atoms with Gasteiger partial charge in [-0.05, 0) is 49.5 Å². The number of hydrogen-bond donors (Lipinski definition) is 2. The van der Waals surface area contributed by atoms with Gasteiger partial charge in [-0.25, -0.2) is 4.98 Å². The Kier molecular flexibility index (Phi) is 5.40. The number of fused-ring (bicyclic) bond motifs is 1. The van der Waals surface area contributed by atoms with Gasteiger partial charge in [-0.15, -0.1) is 0 Å². The van der Waals surface area contributed by atoms with Gasteiger partial charge < -0.3 is 10.1 Å². The summed E-state index contributed by atoms with van der Waals surface area (Å²) in [5.41, 5.74) is 2.64. The van der Waals surface area contributed by atoms with E-state index in [4.69, 9.17) is 17.0 Å². The number of carbonyl (C=O) groups is 1. The Hall–Kier alpha value is -3.78. The van der Waals surface area contributed by atoms with Crippen LogP contribution in [0.1, 0.15) is 16.1 Å². The lowest BCUT2D eigenvalue weighted by atomic mass is 10.2. The van der Waals surface area contributed by atoms with E-state index in [1.54, 1.807) is 16.8 Å². The first kappa shape index (κ1) is 19.5. The van der Waals surface area contributed by atoms with E-state index in [0.717, 1.165) is 22.5 Å². The number of aryl methyl sites for hydroxylation is 2. The second-order valence-electron chi connectivity index (χ2n) is 6.66. The van der Waals surface area contributed by atoms with Crippen LogP contribution < -0.4 is 15.4 Å². The van der Waals surface area contributed by atoms with Crippen molar-refractivity contribution in [3.8, 4) is 11.5 Å². The summed E-state index contributed by atoms with van der Waals surface area (Å²) in [6, 6.07) is 18.6. The van der Waals surface area contributed by atoms with Gasteiger partial charge in [0.15, 0.2) is 10.8 Å².